The largest absolute Gasteiger partial charge is 0.478 e. The first-order chi connectivity index (χ1) is 9.11. The maximum absolute atomic E-state index is 13.6. The van der Waals surface area contributed by atoms with Gasteiger partial charge in [-0.3, -0.25) is 0 Å². The fourth-order valence-corrected chi connectivity index (χ4v) is 1.76. The van der Waals surface area contributed by atoms with Crippen LogP contribution < -0.4 is 5.32 Å². The molecule has 2 aromatic rings. The van der Waals surface area contributed by atoms with Gasteiger partial charge in [0.25, 0.3) is 0 Å². The van der Waals surface area contributed by atoms with Crippen LogP contribution in [0.3, 0.4) is 0 Å². The highest BCUT2D eigenvalue weighted by Gasteiger charge is 2.09. The topological polar surface area (TPSA) is 67.2 Å². The van der Waals surface area contributed by atoms with Crippen LogP contribution in [0, 0.1) is 5.82 Å². The lowest BCUT2D eigenvalue weighted by Gasteiger charge is -2.09. The van der Waals surface area contributed by atoms with Crippen molar-refractivity contribution >= 4 is 11.7 Å². The molecule has 19 heavy (non-hydrogen) atoms. The molecule has 0 spiro atoms. The number of rotatable bonds is 5. The molecule has 5 nitrogen and oxygen atoms in total. The smallest absolute Gasteiger partial charge is 0.335 e. The molecule has 1 aromatic heterocycles. The van der Waals surface area contributed by atoms with Crippen LogP contribution in [0.4, 0.5) is 10.1 Å². The minimum absolute atomic E-state index is 0.0490. The van der Waals surface area contributed by atoms with Gasteiger partial charge in [0, 0.05) is 12.7 Å². The van der Waals surface area contributed by atoms with E-state index >= 15 is 0 Å². The zero-order valence-corrected chi connectivity index (χ0v) is 10.4. The Morgan fingerprint density at radius 2 is 2.32 bits per heavy atom. The fraction of sp³-hybridized carbons (Fsp3) is 0.231. The van der Waals surface area contributed by atoms with Crippen LogP contribution in [0.15, 0.2) is 30.7 Å². The Kier molecular flexibility index (Phi) is 3.79. The highest BCUT2D eigenvalue weighted by molar-refractivity contribution is 5.88. The summed E-state index contributed by atoms with van der Waals surface area (Å²) in [7, 11) is 0. The molecule has 0 amide bonds. The second-order valence-electron chi connectivity index (χ2n) is 4.02. The number of aromatic carboxylic acids is 1. The van der Waals surface area contributed by atoms with E-state index in [-0.39, 0.29) is 11.3 Å². The van der Waals surface area contributed by atoms with Crippen molar-refractivity contribution in [2.24, 2.45) is 0 Å². The molecule has 0 saturated carbocycles. The summed E-state index contributed by atoms with van der Waals surface area (Å²) in [6.45, 7) is 3.14. The van der Waals surface area contributed by atoms with Crippen molar-refractivity contribution < 1.29 is 14.3 Å². The molecule has 0 atom stereocenters. The first-order valence-corrected chi connectivity index (χ1v) is 5.87. The van der Waals surface area contributed by atoms with Crippen molar-refractivity contribution in [1.82, 2.24) is 9.55 Å². The zero-order chi connectivity index (χ0) is 13.8. The number of hydrogen-bond donors (Lipinski definition) is 2. The number of carboxylic acids is 1. The van der Waals surface area contributed by atoms with E-state index in [1.165, 1.54) is 12.1 Å². The fourth-order valence-electron chi connectivity index (χ4n) is 1.76. The number of benzene rings is 1. The SMILES string of the molecule is CCn1cncc1CNc1cc(C(=O)O)ccc1F. The first-order valence-electron chi connectivity index (χ1n) is 5.87. The predicted octanol–water partition coefficient (Wildman–Crippen LogP) is 2.35. The Labute approximate surface area is 109 Å². The second kappa shape index (κ2) is 5.51. The summed E-state index contributed by atoms with van der Waals surface area (Å²) in [5.41, 5.74) is 1.12. The summed E-state index contributed by atoms with van der Waals surface area (Å²) in [6.07, 6.45) is 3.39. The molecule has 1 aromatic carbocycles. The lowest BCUT2D eigenvalue weighted by Crippen LogP contribution is -2.08. The number of nitrogens with zero attached hydrogens (tertiary/aromatic N) is 2. The van der Waals surface area contributed by atoms with E-state index in [4.69, 9.17) is 5.11 Å². The van der Waals surface area contributed by atoms with Crippen LogP contribution in [0.25, 0.3) is 0 Å². The number of aryl methyl sites for hydroxylation is 1. The maximum Gasteiger partial charge on any atom is 0.335 e. The van der Waals surface area contributed by atoms with Crippen LogP contribution in [0.5, 0.6) is 0 Å². The van der Waals surface area contributed by atoms with Crippen molar-refractivity contribution in [3.05, 3.63) is 47.8 Å². The molecule has 0 radical (unpaired) electrons. The summed E-state index contributed by atoms with van der Waals surface area (Å²) in [5, 5.41) is 11.8. The van der Waals surface area contributed by atoms with Gasteiger partial charge in [0.1, 0.15) is 5.82 Å². The molecule has 0 aliphatic heterocycles. The van der Waals surface area contributed by atoms with Crippen molar-refractivity contribution in [1.29, 1.82) is 0 Å². The van der Waals surface area contributed by atoms with Gasteiger partial charge in [-0.05, 0) is 25.1 Å². The summed E-state index contributed by atoms with van der Waals surface area (Å²) in [5.74, 6) is -1.56. The highest BCUT2D eigenvalue weighted by Crippen LogP contribution is 2.17. The molecule has 0 aliphatic carbocycles. The lowest BCUT2D eigenvalue weighted by atomic mass is 10.2. The third-order valence-electron chi connectivity index (χ3n) is 2.81. The van der Waals surface area contributed by atoms with E-state index in [1.807, 2.05) is 11.5 Å². The summed E-state index contributed by atoms with van der Waals surface area (Å²) in [4.78, 5) is 14.8. The molecule has 0 saturated heterocycles. The van der Waals surface area contributed by atoms with Crippen molar-refractivity contribution in [3.63, 3.8) is 0 Å². The number of carbonyl (C=O) groups is 1. The Bertz CT molecular complexity index is 595. The highest BCUT2D eigenvalue weighted by atomic mass is 19.1. The molecule has 6 heteroatoms. The molecule has 0 bridgehead atoms. The van der Waals surface area contributed by atoms with Gasteiger partial charge >= 0.3 is 5.97 Å². The van der Waals surface area contributed by atoms with Gasteiger partial charge in [0.05, 0.1) is 29.8 Å². The average Bonchev–Trinajstić information content (AvgIpc) is 2.85. The van der Waals surface area contributed by atoms with Gasteiger partial charge in [0.15, 0.2) is 0 Å². The van der Waals surface area contributed by atoms with Crippen molar-refractivity contribution in [3.8, 4) is 0 Å². The van der Waals surface area contributed by atoms with E-state index in [0.717, 1.165) is 18.3 Å². The lowest BCUT2D eigenvalue weighted by molar-refractivity contribution is 0.0697. The van der Waals surface area contributed by atoms with Gasteiger partial charge in [-0.2, -0.15) is 0 Å². The quantitative estimate of drug-likeness (QED) is 0.869. The van der Waals surface area contributed by atoms with E-state index in [0.29, 0.717) is 6.54 Å². The van der Waals surface area contributed by atoms with Crippen LogP contribution in [0.1, 0.15) is 23.0 Å². The Balaban J connectivity index is 2.15. The second-order valence-corrected chi connectivity index (χ2v) is 4.02. The van der Waals surface area contributed by atoms with E-state index < -0.39 is 11.8 Å². The molecular weight excluding hydrogens is 249 g/mol. The van der Waals surface area contributed by atoms with Gasteiger partial charge in [-0.25, -0.2) is 14.2 Å². The number of nitrogens with one attached hydrogen (secondary N) is 1. The van der Waals surface area contributed by atoms with Gasteiger partial charge < -0.3 is 15.0 Å². The Morgan fingerprint density at radius 1 is 1.53 bits per heavy atom. The predicted molar refractivity (Wildman–Crippen MR) is 68.6 cm³/mol. The van der Waals surface area contributed by atoms with Crippen LogP contribution in [-0.4, -0.2) is 20.6 Å². The standard InChI is InChI=1S/C13H14FN3O2/c1-2-17-8-15-6-10(17)7-16-12-5-9(13(18)19)3-4-11(12)14/h3-6,8,16H,2,7H2,1H3,(H,18,19). The summed E-state index contributed by atoms with van der Waals surface area (Å²) >= 11 is 0. The van der Waals surface area contributed by atoms with Crippen LogP contribution >= 0.6 is 0 Å². The normalized spacial score (nSPS) is 10.4. The van der Waals surface area contributed by atoms with E-state index in [2.05, 4.69) is 10.3 Å². The van der Waals surface area contributed by atoms with Gasteiger partial charge in [-0.1, -0.05) is 0 Å². The average molecular weight is 263 g/mol. The minimum atomic E-state index is -1.08. The number of aromatic nitrogens is 2. The first kappa shape index (κ1) is 13.1. The van der Waals surface area contributed by atoms with E-state index in [9.17, 15) is 9.18 Å². The van der Waals surface area contributed by atoms with Crippen LogP contribution in [-0.2, 0) is 13.1 Å². The van der Waals surface area contributed by atoms with Gasteiger partial charge in [0.2, 0.25) is 0 Å². The molecule has 2 rings (SSSR count). The number of anilines is 1. The molecule has 2 N–H and O–H groups in total. The Hall–Kier alpha value is -2.37. The van der Waals surface area contributed by atoms with E-state index in [1.54, 1.807) is 12.5 Å². The number of hydrogen-bond acceptors (Lipinski definition) is 3. The monoisotopic (exact) mass is 263 g/mol. The molecular formula is C13H14FN3O2. The molecule has 0 unspecified atom stereocenters. The minimum Gasteiger partial charge on any atom is -0.478 e. The zero-order valence-electron chi connectivity index (χ0n) is 10.4. The molecule has 100 valence electrons. The van der Waals surface area contributed by atoms with Crippen LogP contribution in [0.2, 0.25) is 0 Å². The van der Waals surface area contributed by atoms with Gasteiger partial charge in [-0.15, -0.1) is 0 Å². The maximum atomic E-state index is 13.6. The third-order valence-corrected chi connectivity index (χ3v) is 2.81. The summed E-state index contributed by atoms with van der Waals surface area (Å²) < 4.78 is 15.5. The molecule has 0 aliphatic rings. The Morgan fingerprint density at radius 3 is 3.00 bits per heavy atom. The van der Waals surface area contributed by atoms with Crippen molar-refractivity contribution in [2.75, 3.05) is 5.32 Å². The number of imidazole rings is 1. The molecule has 1 heterocycles. The number of halogens is 1. The number of carboxylic acid groups (broad SMARTS) is 1. The third kappa shape index (κ3) is 2.90. The summed E-state index contributed by atoms with van der Waals surface area (Å²) in [6, 6.07) is 3.66. The van der Waals surface area contributed by atoms with Crippen molar-refractivity contribution in [2.45, 2.75) is 20.0 Å². The molecule has 0 fully saturated rings.